The van der Waals surface area contributed by atoms with E-state index in [4.69, 9.17) is 5.11 Å². The van der Waals surface area contributed by atoms with Gasteiger partial charge in [0, 0.05) is 11.8 Å². The average molecular weight is 294 g/mol. The molecule has 7 nitrogen and oxygen atoms in total. The molecule has 3 rings (SSSR count). The Bertz CT molecular complexity index is 732. The lowest BCUT2D eigenvalue weighted by Gasteiger charge is -2.11. The number of H-pyrrole nitrogens is 1. The molecule has 0 unspecified atom stereocenters. The number of carboxylic acid groups (broad SMARTS) is 1. The van der Waals surface area contributed by atoms with E-state index in [2.05, 4.69) is 15.2 Å². The number of hydrogen-bond acceptors (Lipinski definition) is 5. The maximum Gasteiger partial charge on any atom is 0.349 e. The first-order valence-electron chi connectivity index (χ1n) is 6.29. The maximum atomic E-state index is 11.5. The predicted molar refractivity (Wildman–Crippen MR) is 73.0 cm³/mol. The molecule has 1 saturated carbocycles. The quantitative estimate of drug-likeness (QED) is 0.632. The first-order chi connectivity index (χ1) is 9.49. The van der Waals surface area contributed by atoms with E-state index >= 15 is 0 Å². The molecule has 0 amide bonds. The SMILES string of the molecule is Cc1nc(SCC2(CC(=O)O)CC2)cc2n[nH]c(=O)n12. The molecule has 0 saturated heterocycles. The zero-order valence-electron chi connectivity index (χ0n) is 10.9. The van der Waals surface area contributed by atoms with Gasteiger partial charge in [-0.05, 0) is 25.2 Å². The van der Waals surface area contributed by atoms with Gasteiger partial charge in [-0.15, -0.1) is 11.8 Å². The van der Waals surface area contributed by atoms with Gasteiger partial charge in [0.2, 0.25) is 0 Å². The van der Waals surface area contributed by atoms with Crippen LogP contribution < -0.4 is 5.69 Å². The molecule has 0 spiro atoms. The lowest BCUT2D eigenvalue weighted by atomic mass is 10.1. The highest BCUT2D eigenvalue weighted by molar-refractivity contribution is 7.99. The van der Waals surface area contributed by atoms with Crippen LogP contribution in [0.2, 0.25) is 0 Å². The van der Waals surface area contributed by atoms with Crippen molar-refractivity contribution in [1.29, 1.82) is 0 Å². The lowest BCUT2D eigenvalue weighted by Crippen LogP contribution is -2.14. The van der Waals surface area contributed by atoms with Gasteiger partial charge < -0.3 is 5.11 Å². The number of nitrogens with one attached hydrogen (secondary N) is 1. The van der Waals surface area contributed by atoms with Crippen LogP contribution in [0.25, 0.3) is 5.65 Å². The molecule has 1 fully saturated rings. The summed E-state index contributed by atoms with van der Waals surface area (Å²) in [4.78, 5) is 26.7. The fourth-order valence-electron chi connectivity index (χ4n) is 2.24. The van der Waals surface area contributed by atoms with E-state index in [-0.39, 0.29) is 17.5 Å². The van der Waals surface area contributed by atoms with E-state index in [1.807, 2.05) is 0 Å². The van der Waals surface area contributed by atoms with Gasteiger partial charge in [-0.25, -0.2) is 19.3 Å². The summed E-state index contributed by atoms with van der Waals surface area (Å²) in [6, 6.07) is 1.74. The number of rotatable bonds is 5. The Hall–Kier alpha value is -1.83. The number of aromatic amines is 1. The Morgan fingerprint density at radius 2 is 2.35 bits per heavy atom. The molecule has 106 valence electrons. The van der Waals surface area contributed by atoms with Crippen molar-refractivity contribution >= 4 is 23.4 Å². The summed E-state index contributed by atoms with van der Waals surface area (Å²) in [5.74, 6) is 0.560. The molecular formula is C12H14N4O3S. The molecule has 1 aliphatic rings. The van der Waals surface area contributed by atoms with Crippen LogP contribution in [-0.2, 0) is 4.79 Å². The Balaban J connectivity index is 1.78. The molecule has 1 aliphatic carbocycles. The maximum absolute atomic E-state index is 11.5. The highest BCUT2D eigenvalue weighted by atomic mass is 32.2. The highest BCUT2D eigenvalue weighted by Gasteiger charge is 2.44. The monoisotopic (exact) mass is 294 g/mol. The van der Waals surface area contributed by atoms with Crippen LogP contribution in [0.3, 0.4) is 0 Å². The van der Waals surface area contributed by atoms with E-state index in [9.17, 15) is 9.59 Å². The minimum atomic E-state index is -0.749. The average Bonchev–Trinajstić information content (AvgIpc) is 3.02. The number of aromatic nitrogens is 4. The van der Waals surface area contributed by atoms with E-state index in [0.29, 0.717) is 11.5 Å². The molecule has 2 heterocycles. The normalized spacial score (nSPS) is 16.4. The van der Waals surface area contributed by atoms with E-state index in [0.717, 1.165) is 23.6 Å². The van der Waals surface area contributed by atoms with E-state index < -0.39 is 5.97 Å². The second-order valence-electron chi connectivity index (χ2n) is 5.22. The summed E-state index contributed by atoms with van der Waals surface area (Å²) in [5, 5.41) is 16.0. The summed E-state index contributed by atoms with van der Waals surface area (Å²) in [6.07, 6.45) is 2.12. The summed E-state index contributed by atoms with van der Waals surface area (Å²) < 4.78 is 1.41. The highest BCUT2D eigenvalue weighted by Crippen LogP contribution is 2.51. The summed E-state index contributed by atoms with van der Waals surface area (Å²) in [6.45, 7) is 1.75. The standard InChI is InChI=1S/C12H14N4O3S/c1-7-13-9(4-8-14-15-11(19)16(7)8)20-6-12(2-3-12)5-10(17)18/h4H,2-3,5-6H2,1H3,(H,15,19)(H,17,18). The summed E-state index contributed by atoms with van der Waals surface area (Å²) in [7, 11) is 0. The largest absolute Gasteiger partial charge is 0.481 e. The van der Waals surface area contributed by atoms with Crippen molar-refractivity contribution in [2.24, 2.45) is 5.41 Å². The molecule has 2 aromatic rings. The number of fused-ring (bicyclic) bond motifs is 1. The minimum absolute atomic E-state index is 0.0799. The number of carbonyl (C=O) groups is 1. The first kappa shape index (κ1) is 13.2. The zero-order chi connectivity index (χ0) is 14.3. The third kappa shape index (κ3) is 2.43. The lowest BCUT2D eigenvalue weighted by molar-refractivity contribution is -0.138. The molecule has 2 aromatic heterocycles. The molecule has 0 atom stereocenters. The van der Waals surface area contributed by atoms with Crippen LogP contribution in [0.1, 0.15) is 25.1 Å². The van der Waals surface area contributed by atoms with Crippen LogP contribution in [0.5, 0.6) is 0 Å². The van der Waals surface area contributed by atoms with Gasteiger partial charge in [0.15, 0.2) is 5.65 Å². The Morgan fingerprint density at radius 1 is 1.60 bits per heavy atom. The fraction of sp³-hybridized carbons (Fsp3) is 0.500. The Kier molecular flexibility index (Phi) is 3.04. The van der Waals surface area contributed by atoms with Crippen molar-refractivity contribution in [2.75, 3.05) is 5.75 Å². The number of nitrogens with zero attached hydrogens (tertiary/aromatic N) is 3. The predicted octanol–water partition coefficient (Wildman–Crippen LogP) is 1.07. The third-order valence-corrected chi connectivity index (χ3v) is 4.82. The second-order valence-corrected chi connectivity index (χ2v) is 6.22. The summed E-state index contributed by atoms with van der Waals surface area (Å²) >= 11 is 1.53. The van der Waals surface area contributed by atoms with Crippen LogP contribution in [-0.4, -0.2) is 36.4 Å². The summed E-state index contributed by atoms with van der Waals surface area (Å²) in [5.41, 5.74) is 0.155. The molecule has 2 N–H and O–H groups in total. The molecule has 20 heavy (non-hydrogen) atoms. The van der Waals surface area contributed by atoms with Crippen molar-refractivity contribution in [1.82, 2.24) is 19.6 Å². The van der Waals surface area contributed by atoms with Crippen molar-refractivity contribution in [2.45, 2.75) is 31.2 Å². The molecular weight excluding hydrogens is 280 g/mol. The first-order valence-corrected chi connectivity index (χ1v) is 7.27. The minimum Gasteiger partial charge on any atom is -0.481 e. The van der Waals surface area contributed by atoms with Gasteiger partial charge in [0.05, 0.1) is 6.42 Å². The van der Waals surface area contributed by atoms with Crippen LogP contribution >= 0.6 is 11.8 Å². The second kappa shape index (κ2) is 4.62. The van der Waals surface area contributed by atoms with E-state index in [1.54, 1.807) is 13.0 Å². The molecule has 0 bridgehead atoms. The van der Waals surface area contributed by atoms with Crippen molar-refractivity contribution in [3.8, 4) is 0 Å². The van der Waals surface area contributed by atoms with Crippen LogP contribution in [0, 0.1) is 12.3 Å². The van der Waals surface area contributed by atoms with Gasteiger partial charge in [-0.2, -0.15) is 5.10 Å². The third-order valence-electron chi connectivity index (χ3n) is 3.56. The number of aliphatic carboxylic acids is 1. The fourth-order valence-corrected chi connectivity index (χ4v) is 3.47. The van der Waals surface area contributed by atoms with Crippen molar-refractivity contribution in [3.05, 3.63) is 22.4 Å². The molecule has 0 aliphatic heterocycles. The number of hydrogen-bond donors (Lipinski definition) is 2. The number of aryl methyl sites for hydroxylation is 1. The molecule has 0 aromatic carbocycles. The Morgan fingerprint density at radius 3 is 3.00 bits per heavy atom. The van der Waals surface area contributed by atoms with Crippen LogP contribution in [0.15, 0.2) is 15.9 Å². The van der Waals surface area contributed by atoms with Gasteiger partial charge in [0.25, 0.3) is 0 Å². The topological polar surface area (TPSA) is 100 Å². The molecule has 0 radical (unpaired) electrons. The van der Waals surface area contributed by atoms with Gasteiger partial charge >= 0.3 is 11.7 Å². The molecule has 8 heteroatoms. The Labute approximate surface area is 118 Å². The smallest absolute Gasteiger partial charge is 0.349 e. The zero-order valence-corrected chi connectivity index (χ0v) is 11.7. The van der Waals surface area contributed by atoms with Crippen molar-refractivity contribution < 1.29 is 9.90 Å². The van der Waals surface area contributed by atoms with Crippen LogP contribution in [0.4, 0.5) is 0 Å². The van der Waals surface area contributed by atoms with Crippen molar-refractivity contribution in [3.63, 3.8) is 0 Å². The number of carboxylic acids is 1. The van der Waals surface area contributed by atoms with Gasteiger partial charge in [-0.1, -0.05) is 0 Å². The number of thioether (sulfide) groups is 1. The van der Waals surface area contributed by atoms with E-state index in [1.165, 1.54) is 16.2 Å². The van der Waals surface area contributed by atoms with Gasteiger partial charge in [-0.3, -0.25) is 4.79 Å². The van der Waals surface area contributed by atoms with Gasteiger partial charge in [0.1, 0.15) is 10.9 Å².